The molecule has 0 heterocycles. The van der Waals surface area contributed by atoms with Gasteiger partial charge in [0.15, 0.2) is 11.5 Å². The summed E-state index contributed by atoms with van der Waals surface area (Å²) in [4.78, 5) is -0.501. The van der Waals surface area contributed by atoms with E-state index in [1.54, 1.807) is 6.92 Å². The van der Waals surface area contributed by atoms with E-state index < -0.39 is 20.7 Å². The first-order valence-corrected chi connectivity index (χ1v) is 7.28. The summed E-state index contributed by atoms with van der Waals surface area (Å²) >= 11 is 0. The maximum absolute atomic E-state index is 13.9. The van der Waals surface area contributed by atoms with Crippen LogP contribution in [0.3, 0.4) is 0 Å². The smallest absolute Gasteiger partial charge is 0.243 e. The number of nitrogens with one attached hydrogen (secondary N) is 1. The summed E-state index contributed by atoms with van der Waals surface area (Å²) in [5, 5.41) is 0. The zero-order chi connectivity index (χ0) is 15.3. The lowest BCUT2D eigenvalue weighted by Gasteiger charge is -2.14. The second kappa shape index (κ2) is 6.87. The van der Waals surface area contributed by atoms with Gasteiger partial charge in [-0.1, -0.05) is 0 Å². The minimum atomic E-state index is -3.99. The Kier molecular flexibility index (Phi) is 5.73. The van der Waals surface area contributed by atoms with Crippen molar-refractivity contribution in [1.82, 2.24) is 4.72 Å². The molecule has 0 aromatic heterocycles. The highest BCUT2D eigenvalue weighted by molar-refractivity contribution is 7.89. The standard InChI is InChI=1S/C12H18FNO5S/c1-8(17-2)7-14-20(15,16)12-6-11(19-4)10(18-3)5-9(12)13/h5-6,8,14H,7H2,1-4H3. The van der Waals surface area contributed by atoms with E-state index in [1.807, 2.05) is 0 Å². The third-order valence-corrected chi connectivity index (χ3v) is 4.13. The molecule has 0 fully saturated rings. The maximum Gasteiger partial charge on any atom is 0.243 e. The monoisotopic (exact) mass is 307 g/mol. The Labute approximate surface area is 117 Å². The normalized spacial score (nSPS) is 13.1. The second-order valence-electron chi connectivity index (χ2n) is 4.04. The van der Waals surface area contributed by atoms with E-state index in [4.69, 9.17) is 14.2 Å². The van der Waals surface area contributed by atoms with Crippen molar-refractivity contribution in [1.29, 1.82) is 0 Å². The molecule has 6 nitrogen and oxygen atoms in total. The number of hydrogen-bond acceptors (Lipinski definition) is 5. The highest BCUT2D eigenvalue weighted by Crippen LogP contribution is 2.31. The van der Waals surface area contributed by atoms with Crippen LogP contribution in [0.25, 0.3) is 0 Å². The van der Waals surface area contributed by atoms with Gasteiger partial charge in [0.25, 0.3) is 0 Å². The molecule has 1 N–H and O–H groups in total. The molecular weight excluding hydrogens is 289 g/mol. The fraction of sp³-hybridized carbons (Fsp3) is 0.500. The van der Waals surface area contributed by atoms with Crippen molar-refractivity contribution in [3.8, 4) is 11.5 Å². The first-order valence-electron chi connectivity index (χ1n) is 5.79. The third kappa shape index (κ3) is 3.81. The van der Waals surface area contributed by atoms with Gasteiger partial charge in [-0.2, -0.15) is 0 Å². The van der Waals surface area contributed by atoms with Gasteiger partial charge in [-0.3, -0.25) is 0 Å². The summed E-state index contributed by atoms with van der Waals surface area (Å²) in [6.07, 6.45) is -0.326. The first-order chi connectivity index (χ1) is 9.35. The molecule has 0 aliphatic rings. The van der Waals surface area contributed by atoms with Crippen LogP contribution in [-0.2, 0) is 14.8 Å². The van der Waals surface area contributed by atoms with Gasteiger partial charge in [0.05, 0.1) is 20.3 Å². The van der Waals surface area contributed by atoms with Gasteiger partial charge in [0.2, 0.25) is 10.0 Å². The van der Waals surface area contributed by atoms with Gasteiger partial charge in [-0.05, 0) is 6.92 Å². The molecule has 1 aromatic rings. The van der Waals surface area contributed by atoms with Gasteiger partial charge in [-0.25, -0.2) is 17.5 Å². The Morgan fingerprint density at radius 2 is 1.75 bits per heavy atom. The molecule has 1 rings (SSSR count). The first kappa shape index (κ1) is 16.7. The second-order valence-corrected chi connectivity index (χ2v) is 5.77. The Hall–Kier alpha value is -1.38. The Morgan fingerprint density at radius 1 is 1.20 bits per heavy atom. The Balaban J connectivity index is 3.12. The number of halogens is 1. The van der Waals surface area contributed by atoms with E-state index in [2.05, 4.69) is 4.72 Å². The van der Waals surface area contributed by atoms with Crippen molar-refractivity contribution in [2.24, 2.45) is 0 Å². The van der Waals surface area contributed by atoms with Crippen LogP contribution in [0.15, 0.2) is 17.0 Å². The number of ether oxygens (including phenoxy) is 3. The number of sulfonamides is 1. The maximum atomic E-state index is 13.9. The minimum absolute atomic E-state index is 0.0343. The average Bonchev–Trinajstić information content (AvgIpc) is 2.44. The molecule has 0 spiro atoms. The summed E-state index contributed by atoms with van der Waals surface area (Å²) in [6.45, 7) is 1.72. The summed E-state index contributed by atoms with van der Waals surface area (Å²) in [5.74, 6) is -0.663. The molecule has 0 aliphatic heterocycles. The van der Waals surface area contributed by atoms with Gasteiger partial charge in [0, 0.05) is 25.8 Å². The number of rotatable bonds is 7. The fourth-order valence-electron chi connectivity index (χ4n) is 1.43. The van der Waals surface area contributed by atoms with Crippen LogP contribution < -0.4 is 14.2 Å². The van der Waals surface area contributed by atoms with E-state index in [0.29, 0.717) is 0 Å². The van der Waals surface area contributed by atoms with Crippen molar-refractivity contribution in [3.63, 3.8) is 0 Å². The van der Waals surface area contributed by atoms with Crippen molar-refractivity contribution >= 4 is 10.0 Å². The molecule has 8 heteroatoms. The largest absolute Gasteiger partial charge is 0.493 e. The fourth-order valence-corrected chi connectivity index (χ4v) is 2.62. The van der Waals surface area contributed by atoms with Crippen LogP contribution >= 0.6 is 0 Å². The van der Waals surface area contributed by atoms with Gasteiger partial charge >= 0.3 is 0 Å². The molecule has 0 aliphatic carbocycles. The molecule has 1 atom stereocenters. The molecule has 20 heavy (non-hydrogen) atoms. The topological polar surface area (TPSA) is 73.9 Å². The molecule has 1 aromatic carbocycles. The molecule has 0 radical (unpaired) electrons. The van der Waals surface area contributed by atoms with Crippen molar-refractivity contribution in [3.05, 3.63) is 17.9 Å². The highest BCUT2D eigenvalue weighted by atomic mass is 32.2. The lowest BCUT2D eigenvalue weighted by molar-refractivity contribution is 0.122. The quantitative estimate of drug-likeness (QED) is 0.818. The lowest BCUT2D eigenvalue weighted by Crippen LogP contribution is -2.32. The summed E-state index contributed by atoms with van der Waals surface area (Å²) in [6, 6.07) is 2.04. The van der Waals surface area contributed by atoms with E-state index in [1.165, 1.54) is 21.3 Å². The van der Waals surface area contributed by atoms with Gasteiger partial charge in [0.1, 0.15) is 10.7 Å². The van der Waals surface area contributed by atoms with E-state index >= 15 is 0 Å². The van der Waals surface area contributed by atoms with Crippen LogP contribution in [0.2, 0.25) is 0 Å². The van der Waals surface area contributed by atoms with Crippen molar-refractivity contribution in [2.45, 2.75) is 17.9 Å². The van der Waals surface area contributed by atoms with E-state index in [0.717, 1.165) is 12.1 Å². The number of hydrogen-bond donors (Lipinski definition) is 1. The molecule has 0 saturated carbocycles. The highest BCUT2D eigenvalue weighted by Gasteiger charge is 2.23. The molecule has 0 bridgehead atoms. The van der Waals surface area contributed by atoms with Crippen LogP contribution in [0.1, 0.15) is 6.92 Å². The zero-order valence-electron chi connectivity index (χ0n) is 11.8. The predicted molar refractivity (Wildman–Crippen MR) is 71.2 cm³/mol. The van der Waals surface area contributed by atoms with Gasteiger partial charge in [-0.15, -0.1) is 0 Å². The summed E-state index contributed by atoms with van der Waals surface area (Å²) in [7, 11) is 0.137. The predicted octanol–water partition coefficient (Wildman–Crippen LogP) is 1.16. The average molecular weight is 307 g/mol. The van der Waals surface area contributed by atoms with Gasteiger partial charge < -0.3 is 14.2 Å². The van der Waals surface area contributed by atoms with Crippen LogP contribution in [0.4, 0.5) is 4.39 Å². The zero-order valence-corrected chi connectivity index (χ0v) is 12.6. The summed E-state index contributed by atoms with van der Waals surface area (Å²) in [5.41, 5.74) is 0. The number of benzene rings is 1. The Bertz CT molecular complexity index is 561. The van der Waals surface area contributed by atoms with Crippen molar-refractivity contribution < 1.29 is 27.0 Å². The third-order valence-electron chi connectivity index (χ3n) is 2.69. The van der Waals surface area contributed by atoms with Crippen molar-refractivity contribution in [2.75, 3.05) is 27.9 Å². The molecule has 0 saturated heterocycles. The van der Waals surface area contributed by atoms with Crippen LogP contribution in [0, 0.1) is 5.82 Å². The lowest BCUT2D eigenvalue weighted by atomic mass is 10.3. The van der Waals surface area contributed by atoms with Crippen LogP contribution in [-0.4, -0.2) is 42.4 Å². The molecule has 1 unspecified atom stereocenters. The summed E-state index contributed by atoms with van der Waals surface area (Å²) < 4.78 is 55.0. The SMILES string of the molecule is COc1cc(F)c(S(=O)(=O)NCC(C)OC)cc1OC. The molecule has 0 amide bonds. The van der Waals surface area contributed by atoms with E-state index in [9.17, 15) is 12.8 Å². The molecular formula is C12H18FNO5S. The molecule has 114 valence electrons. The van der Waals surface area contributed by atoms with Crippen LogP contribution in [0.5, 0.6) is 11.5 Å². The number of methoxy groups -OCH3 is 3. The minimum Gasteiger partial charge on any atom is -0.493 e. The van der Waals surface area contributed by atoms with E-state index in [-0.39, 0.29) is 24.1 Å². The Morgan fingerprint density at radius 3 is 2.25 bits per heavy atom.